The lowest BCUT2D eigenvalue weighted by atomic mass is 9.92. The van der Waals surface area contributed by atoms with Crippen LogP contribution in [0, 0.1) is 0 Å². The zero-order valence-electron chi connectivity index (χ0n) is 9.65. The first kappa shape index (κ1) is 11.8. The summed E-state index contributed by atoms with van der Waals surface area (Å²) < 4.78 is 10.8. The summed E-state index contributed by atoms with van der Waals surface area (Å²) in [5, 5.41) is 8.55. The van der Waals surface area contributed by atoms with Crippen molar-refractivity contribution < 1.29 is 19.4 Å². The minimum absolute atomic E-state index is 0.203. The molecule has 2 aliphatic rings. The Labute approximate surface area is 95.3 Å². The summed E-state index contributed by atoms with van der Waals surface area (Å²) in [6.07, 6.45) is 2.29. The molecule has 1 N–H and O–H groups in total. The second kappa shape index (κ2) is 4.69. The van der Waals surface area contributed by atoms with Crippen LogP contribution in [0.1, 0.15) is 19.8 Å². The molecule has 2 saturated heterocycles. The SMILES string of the molecule is CC1(OCC(=O)O)CN(C2CCCOC2)C1. The summed E-state index contributed by atoms with van der Waals surface area (Å²) in [7, 11) is 0. The fourth-order valence-corrected chi connectivity index (χ4v) is 2.41. The van der Waals surface area contributed by atoms with E-state index in [1.807, 2.05) is 6.92 Å². The number of likely N-dealkylation sites (tertiary alicyclic amines) is 1. The van der Waals surface area contributed by atoms with Crippen molar-refractivity contribution in [2.75, 3.05) is 32.9 Å². The van der Waals surface area contributed by atoms with Crippen LogP contribution in [0.3, 0.4) is 0 Å². The van der Waals surface area contributed by atoms with Crippen LogP contribution >= 0.6 is 0 Å². The molecule has 16 heavy (non-hydrogen) atoms. The number of hydrogen-bond donors (Lipinski definition) is 1. The number of nitrogens with zero attached hydrogens (tertiary/aromatic N) is 1. The summed E-state index contributed by atoms with van der Waals surface area (Å²) >= 11 is 0. The zero-order valence-corrected chi connectivity index (χ0v) is 9.65. The second-order valence-electron chi connectivity index (χ2n) is 4.91. The molecule has 0 aliphatic carbocycles. The maximum absolute atomic E-state index is 10.4. The number of hydrogen-bond acceptors (Lipinski definition) is 4. The van der Waals surface area contributed by atoms with Gasteiger partial charge in [-0.3, -0.25) is 4.90 Å². The lowest BCUT2D eigenvalue weighted by Crippen LogP contribution is -2.65. The molecular formula is C11H19NO4. The first-order valence-electron chi connectivity index (χ1n) is 5.77. The van der Waals surface area contributed by atoms with E-state index in [-0.39, 0.29) is 12.2 Å². The molecule has 0 aromatic carbocycles. The third-order valence-corrected chi connectivity index (χ3v) is 3.27. The Morgan fingerprint density at radius 2 is 2.38 bits per heavy atom. The fourth-order valence-electron chi connectivity index (χ4n) is 2.41. The Morgan fingerprint density at radius 3 is 2.94 bits per heavy atom. The highest BCUT2D eigenvalue weighted by Crippen LogP contribution is 2.29. The van der Waals surface area contributed by atoms with E-state index in [0.717, 1.165) is 32.7 Å². The first-order valence-corrected chi connectivity index (χ1v) is 5.77. The number of aliphatic carboxylic acids is 1. The van der Waals surface area contributed by atoms with Crippen LogP contribution in [0.25, 0.3) is 0 Å². The van der Waals surface area contributed by atoms with Gasteiger partial charge in [-0.25, -0.2) is 4.79 Å². The highest BCUT2D eigenvalue weighted by molar-refractivity contribution is 5.68. The molecule has 0 saturated carbocycles. The largest absolute Gasteiger partial charge is 0.480 e. The summed E-state index contributed by atoms with van der Waals surface area (Å²) in [5.74, 6) is -0.902. The van der Waals surface area contributed by atoms with Crippen LogP contribution in [0.5, 0.6) is 0 Å². The molecule has 0 bridgehead atoms. The van der Waals surface area contributed by atoms with Crippen LogP contribution in [0.2, 0.25) is 0 Å². The van der Waals surface area contributed by atoms with E-state index in [0.29, 0.717) is 6.04 Å². The van der Waals surface area contributed by atoms with Gasteiger partial charge in [0.25, 0.3) is 0 Å². The summed E-state index contributed by atoms with van der Waals surface area (Å²) in [5.41, 5.74) is -0.282. The fraction of sp³-hybridized carbons (Fsp3) is 0.909. The predicted molar refractivity (Wildman–Crippen MR) is 57.4 cm³/mol. The molecular weight excluding hydrogens is 210 g/mol. The molecule has 0 radical (unpaired) electrons. The van der Waals surface area contributed by atoms with Gasteiger partial charge in [0.05, 0.1) is 12.2 Å². The van der Waals surface area contributed by atoms with Gasteiger partial charge in [-0.05, 0) is 19.8 Å². The van der Waals surface area contributed by atoms with Crippen molar-refractivity contribution in [3.05, 3.63) is 0 Å². The van der Waals surface area contributed by atoms with E-state index in [9.17, 15) is 4.79 Å². The minimum atomic E-state index is -0.902. The maximum atomic E-state index is 10.4. The van der Waals surface area contributed by atoms with Crippen LogP contribution in [-0.4, -0.2) is 60.5 Å². The maximum Gasteiger partial charge on any atom is 0.329 e. The lowest BCUT2D eigenvalue weighted by molar-refractivity contribution is -0.175. The van der Waals surface area contributed by atoms with Crippen LogP contribution in [0.4, 0.5) is 0 Å². The van der Waals surface area contributed by atoms with Gasteiger partial charge in [-0.1, -0.05) is 0 Å². The van der Waals surface area contributed by atoms with Crippen molar-refractivity contribution in [1.29, 1.82) is 0 Å². The van der Waals surface area contributed by atoms with E-state index in [1.165, 1.54) is 6.42 Å². The number of carboxylic acids is 1. The summed E-state index contributed by atoms with van der Waals surface area (Å²) in [6.45, 7) is 5.07. The van der Waals surface area contributed by atoms with Gasteiger partial charge in [0.1, 0.15) is 6.61 Å². The molecule has 2 fully saturated rings. The topological polar surface area (TPSA) is 59.0 Å². The molecule has 0 spiro atoms. The van der Waals surface area contributed by atoms with Gasteiger partial charge >= 0.3 is 5.97 Å². The van der Waals surface area contributed by atoms with Crippen LogP contribution < -0.4 is 0 Å². The van der Waals surface area contributed by atoms with Crippen LogP contribution in [0.15, 0.2) is 0 Å². The van der Waals surface area contributed by atoms with Gasteiger partial charge in [0, 0.05) is 25.7 Å². The molecule has 2 rings (SSSR count). The molecule has 2 aliphatic heterocycles. The highest BCUT2D eigenvalue weighted by atomic mass is 16.5. The van der Waals surface area contributed by atoms with E-state index in [4.69, 9.17) is 14.6 Å². The minimum Gasteiger partial charge on any atom is -0.480 e. The Kier molecular flexibility index (Phi) is 3.47. The van der Waals surface area contributed by atoms with Crippen molar-refractivity contribution in [2.45, 2.75) is 31.4 Å². The Bertz CT molecular complexity index is 257. The van der Waals surface area contributed by atoms with Gasteiger partial charge in [0.15, 0.2) is 0 Å². The highest BCUT2D eigenvalue weighted by Gasteiger charge is 2.43. The smallest absolute Gasteiger partial charge is 0.329 e. The third-order valence-electron chi connectivity index (χ3n) is 3.27. The zero-order chi connectivity index (χ0) is 11.6. The third kappa shape index (κ3) is 2.72. The standard InChI is InChI=1S/C11H19NO4/c1-11(16-6-10(13)14)7-12(8-11)9-3-2-4-15-5-9/h9H,2-8H2,1H3,(H,13,14). The van der Waals surface area contributed by atoms with Crippen molar-refractivity contribution in [2.24, 2.45) is 0 Å². The first-order chi connectivity index (χ1) is 7.59. The summed E-state index contributed by atoms with van der Waals surface area (Å²) in [4.78, 5) is 12.7. The van der Waals surface area contributed by atoms with Gasteiger partial charge in [0.2, 0.25) is 0 Å². The number of carboxylic acid groups (broad SMARTS) is 1. The van der Waals surface area contributed by atoms with E-state index in [1.54, 1.807) is 0 Å². The van der Waals surface area contributed by atoms with Crippen molar-refractivity contribution in [3.8, 4) is 0 Å². The van der Waals surface area contributed by atoms with Crippen molar-refractivity contribution >= 4 is 5.97 Å². The normalized spacial score (nSPS) is 29.7. The van der Waals surface area contributed by atoms with Gasteiger partial charge in [-0.2, -0.15) is 0 Å². The number of ether oxygens (including phenoxy) is 2. The Morgan fingerprint density at radius 1 is 1.62 bits per heavy atom. The molecule has 5 heteroatoms. The van der Waals surface area contributed by atoms with E-state index < -0.39 is 5.97 Å². The molecule has 0 aromatic heterocycles. The van der Waals surface area contributed by atoms with Crippen molar-refractivity contribution in [3.63, 3.8) is 0 Å². The molecule has 1 unspecified atom stereocenters. The quantitative estimate of drug-likeness (QED) is 0.753. The molecule has 2 heterocycles. The Hall–Kier alpha value is -0.650. The average Bonchev–Trinajstić information content (AvgIpc) is 2.24. The van der Waals surface area contributed by atoms with Gasteiger partial charge in [-0.15, -0.1) is 0 Å². The lowest BCUT2D eigenvalue weighted by Gasteiger charge is -2.51. The number of rotatable bonds is 4. The van der Waals surface area contributed by atoms with Gasteiger partial charge < -0.3 is 14.6 Å². The van der Waals surface area contributed by atoms with Crippen LogP contribution in [-0.2, 0) is 14.3 Å². The summed E-state index contributed by atoms with van der Waals surface area (Å²) in [6, 6.07) is 0.496. The van der Waals surface area contributed by atoms with E-state index >= 15 is 0 Å². The predicted octanol–water partition coefficient (Wildman–Crippen LogP) is 0.341. The van der Waals surface area contributed by atoms with Crippen molar-refractivity contribution in [1.82, 2.24) is 4.90 Å². The molecule has 0 aromatic rings. The molecule has 5 nitrogen and oxygen atoms in total. The molecule has 92 valence electrons. The number of carbonyl (C=O) groups is 1. The monoisotopic (exact) mass is 229 g/mol. The Balaban J connectivity index is 1.72. The van der Waals surface area contributed by atoms with E-state index in [2.05, 4.69) is 4.90 Å². The molecule has 1 atom stereocenters. The molecule has 0 amide bonds. The average molecular weight is 229 g/mol. The second-order valence-corrected chi connectivity index (χ2v) is 4.91.